The van der Waals surface area contributed by atoms with Crippen molar-refractivity contribution >= 4 is 29.1 Å². The number of nitrogens with zero attached hydrogens (tertiary/aromatic N) is 2. The molecule has 4 rings (SSSR count). The minimum absolute atomic E-state index is 0.177. The molecule has 2 aromatic carbocycles. The lowest BCUT2D eigenvalue weighted by atomic mass is 9.91. The summed E-state index contributed by atoms with van der Waals surface area (Å²) >= 11 is 0. The number of benzene rings is 2. The van der Waals surface area contributed by atoms with Crippen LogP contribution in [-0.2, 0) is 14.4 Å². The fourth-order valence-corrected chi connectivity index (χ4v) is 4.30. The van der Waals surface area contributed by atoms with Crippen LogP contribution in [0.4, 0.5) is 5.69 Å². The van der Waals surface area contributed by atoms with Crippen LogP contribution in [0.1, 0.15) is 35.7 Å². The largest absolute Gasteiger partial charge is 0.497 e. The molecule has 2 heterocycles. The molecular weight excluding hydrogens is 436 g/mol. The van der Waals surface area contributed by atoms with E-state index in [-0.39, 0.29) is 24.8 Å². The van der Waals surface area contributed by atoms with Crippen molar-refractivity contribution in [2.75, 3.05) is 19.0 Å². The average molecular weight is 463 g/mol. The van der Waals surface area contributed by atoms with E-state index in [2.05, 4.69) is 10.5 Å². The summed E-state index contributed by atoms with van der Waals surface area (Å²) in [6.07, 6.45) is 3.74. The molecule has 1 saturated heterocycles. The van der Waals surface area contributed by atoms with Crippen molar-refractivity contribution in [3.8, 4) is 5.75 Å². The molecule has 0 bridgehead atoms. The van der Waals surface area contributed by atoms with Crippen LogP contribution in [0.3, 0.4) is 0 Å². The number of allylic oxidation sites excluding steroid dienone is 1. The molecule has 3 amide bonds. The number of carbonyl (C=O) groups is 3. The van der Waals surface area contributed by atoms with Crippen molar-refractivity contribution in [1.82, 2.24) is 4.90 Å². The molecule has 0 saturated carbocycles. The Bertz CT molecular complexity index is 1170. The molecule has 0 aromatic heterocycles. The standard InChI is InChI=1S/C25H26N4O5/c1-3-5-22(30)27-18-7-4-6-17(12-18)20-13-25(34-28-20)14-21(23(26)31)29(15-25)24(32)16-8-10-19(33-2)11-9-16/h3-12,21H,13-15H2,1-2H3,(H2,26,31)(H,27,30)/b5-3-/t21-,25?/m0/s1. The van der Waals surface area contributed by atoms with E-state index < -0.39 is 17.6 Å². The van der Waals surface area contributed by atoms with Crippen LogP contribution in [-0.4, -0.2) is 53.6 Å². The smallest absolute Gasteiger partial charge is 0.254 e. The highest BCUT2D eigenvalue weighted by Crippen LogP contribution is 2.39. The lowest BCUT2D eigenvalue weighted by Gasteiger charge is -2.23. The number of likely N-dealkylation sites (tertiary alicyclic amines) is 1. The van der Waals surface area contributed by atoms with Crippen LogP contribution in [0.25, 0.3) is 0 Å². The molecule has 9 nitrogen and oxygen atoms in total. The Morgan fingerprint density at radius 1 is 1.24 bits per heavy atom. The van der Waals surface area contributed by atoms with E-state index in [1.165, 1.54) is 11.0 Å². The third kappa shape index (κ3) is 4.63. The number of hydrogen-bond donors (Lipinski definition) is 2. The predicted molar refractivity (Wildman–Crippen MR) is 126 cm³/mol. The zero-order chi connectivity index (χ0) is 24.3. The molecule has 0 radical (unpaired) electrons. The maximum atomic E-state index is 13.2. The van der Waals surface area contributed by atoms with E-state index in [1.807, 2.05) is 18.2 Å². The van der Waals surface area contributed by atoms with Gasteiger partial charge in [-0.05, 0) is 49.4 Å². The van der Waals surface area contributed by atoms with E-state index in [0.29, 0.717) is 29.1 Å². The lowest BCUT2D eigenvalue weighted by Crippen LogP contribution is -2.44. The van der Waals surface area contributed by atoms with Gasteiger partial charge in [-0.2, -0.15) is 0 Å². The number of carbonyl (C=O) groups excluding carboxylic acids is 3. The Kier molecular flexibility index (Phi) is 6.36. The van der Waals surface area contributed by atoms with Gasteiger partial charge >= 0.3 is 0 Å². The van der Waals surface area contributed by atoms with Crippen molar-refractivity contribution < 1.29 is 24.0 Å². The number of hydrogen-bond acceptors (Lipinski definition) is 6. The van der Waals surface area contributed by atoms with Gasteiger partial charge in [0, 0.05) is 29.7 Å². The lowest BCUT2D eigenvalue weighted by molar-refractivity contribution is -0.121. The van der Waals surface area contributed by atoms with Gasteiger partial charge < -0.3 is 25.5 Å². The summed E-state index contributed by atoms with van der Waals surface area (Å²) in [7, 11) is 1.55. The van der Waals surface area contributed by atoms with Crippen LogP contribution in [0.15, 0.2) is 65.8 Å². The number of anilines is 1. The molecule has 9 heteroatoms. The van der Waals surface area contributed by atoms with E-state index in [4.69, 9.17) is 15.3 Å². The second-order valence-corrected chi connectivity index (χ2v) is 8.34. The van der Waals surface area contributed by atoms with Crippen LogP contribution < -0.4 is 15.8 Å². The van der Waals surface area contributed by atoms with Gasteiger partial charge in [0.15, 0.2) is 5.60 Å². The Balaban J connectivity index is 1.51. The van der Waals surface area contributed by atoms with E-state index in [0.717, 1.165) is 5.56 Å². The number of oxime groups is 1. The quantitative estimate of drug-likeness (QED) is 0.639. The molecule has 176 valence electrons. The molecule has 2 aliphatic rings. The summed E-state index contributed by atoms with van der Waals surface area (Å²) in [5.74, 6) is -0.505. The van der Waals surface area contributed by atoms with Gasteiger partial charge in [0.1, 0.15) is 11.8 Å². The number of primary amides is 1. The van der Waals surface area contributed by atoms with Crippen LogP contribution in [0, 0.1) is 0 Å². The van der Waals surface area contributed by atoms with Gasteiger partial charge in [0.25, 0.3) is 5.91 Å². The third-order valence-electron chi connectivity index (χ3n) is 5.95. The third-order valence-corrected chi connectivity index (χ3v) is 5.95. The molecule has 34 heavy (non-hydrogen) atoms. The first-order chi connectivity index (χ1) is 16.3. The molecule has 2 aromatic rings. The van der Waals surface area contributed by atoms with Crippen molar-refractivity contribution in [3.05, 3.63) is 71.8 Å². The number of nitrogens with one attached hydrogen (secondary N) is 1. The summed E-state index contributed by atoms with van der Waals surface area (Å²) in [4.78, 5) is 44.5. The van der Waals surface area contributed by atoms with Crippen molar-refractivity contribution in [3.63, 3.8) is 0 Å². The normalized spacial score (nSPS) is 21.4. The first-order valence-corrected chi connectivity index (χ1v) is 10.9. The maximum absolute atomic E-state index is 13.2. The first kappa shape index (κ1) is 23.0. The Morgan fingerprint density at radius 3 is 2.68 bits per heavy atom. The summed E-state index contributed by atoms with van der Waals surface area (Å²) in [5, 5.41) is 7.06. The minimum Gasteiger partial charge on any atom is -0.497 e. The van der Waals surface area contributed by atoms with Crippen molar-refractivity contribution in [2.24, 2.45) is 10.9 Å². The van der Waals surface area contributed by atoms with Crippen LogP contribution >= 0.6 is 0 Å². The molecule has 3 N–H and O–H groups in total. The number of methoxy groups -OCH3 is 1. The molecule has 2 aliphatic heterocycles. The van der Waals surface area contributed by atoms with Gasteiger partial charge in [-0.15, -0.1) is 0 Å². The highest BCUT2D eigenvalue weighted by molar-refractivity contribution is 6.05. The summed E-state index contributed by atoms with van der Waals surface area (Å²) < 4.78 is 5.14. The highest BCUT2D eigenvalue weighted by Gasteiger charge is 2.53. The minimum atomic E-state index is -0.846. The monoisotopic (exact) mass is 462 g/mol. The molecule has 1 fully saturated rings. The Hall–Kier alpha value is -4.14. The van der Waals surface area contributed by atoms with Gasteiger partial charge in [-0.25, -0.2) is 0 Å². The fraction of sp³-hybridized carbons (Fsp3) is 0.280. The highest BCUT2D eigenvalue weighted by atomic mass is 16.7. The van der Waals surface area contributed by atoms with Gasteiger partial charge in [0.05, 0.1) is 19.4 Å². The topological polar surface area (TPSA) is 123 Å². The Morgan fingerprint density at radius 2 is 2.00 bits per heavy atom. The number of amides is 3. The van der Waals surface area contributed by atoms with Gasteiger partial charge in [0.2, 0.25) is 11.8 Å². The summed E-state index contributed by atoms with van der Waals surface area (Å²) in [5.41, 5.74) is 7.30. The van der Waals surface area contributed by atoms with Crippen molar-refractivity contribution in [2.45, 2.75) is 31.4 Å². The van der Waals surface area contributed by atoms with Crippen molar-refractivity contribution in [1.29, 1.82) is 0 Å². The zero-order valence-electron chi connectivity index (χ0n) is 19.0. The van der Waals surface area contributed by atoms with Crippen LogP contribution in [0.2, 0.25) is 0 Å². The molecule has 1 spiro atoms. The number of ether oxygens (including phenoxy) is 1. The van der Waals surface area contributed by atoms with E-state index >= 15 is 0 Å². The summed E-state index contributed by atoms with van der Waals surface area (Å²) in [6.45, 7) is 1.94. The number of nitrogens with two attached hydrogens (primary N) is 1. The molecule has 2 atom stereocenters. The number of rotatable bonds is 6. The Labute approximate surface area is 197 Å². The molecular formula is C25H26N4O5. The average Bonchev–Trinajstić information content (AvgIpc) is 3.43. The predicted octanol–water partition coefficient (Wildman–Crippen LogP) is 2.47. The zero-order valence-corrected chi connectivity index (χ0v) is 19.0. The van der Waals surface area contributed by atoms with E-state index in [1.54, 1.807) is 50.4 Å². The second kappa shape index (κ2) is 9.38. The first-order valence-electron chi connectivity index (χ1n) is 10.9. The SMILES string of the molecule is C/C=C\C(=O)Nc1cccc(C2=NOC3(C2)C[C@@H](C(N)=O)N(C(=O)c2ccc(OC)cc2)C3)c1. The fourth-order valence-electron chi connectivity index (χ4n) is 4.30. The molecule has 1 unspecified atom stereocenters. The molecule has 0 aliphatic carbocycles. The second-order valence-electron chi connectivity index (χ2n) is 8.34. The maximum Gasteiger partial charge on any atom is 0.254 e. The van der Waals surface area contributed by atoms with E-state index in [9.17, 15) is 14.4 Å². The van der Waals surface area contributed by atoms with Gasteiger partial charge in [-0.1, -0.05) is 23.4 Å². The van der Waals surface area contributed by atoms with Crippen LogP contribution in [0.5, 0.6) is 5.75 Å². The summed E-state index contributed by atoms with van der Waals surface area (Å²) in [6, 6.07) is 13.1. The van der Waals surface area contributed by atoms with Gasteiger partial charge in [-0.3, -0.25) is 14.4 Å².